The van der Waals surface area contributed by atoms with Gasteiger partial charge in [0, 0.05) is 13.0 Å². The highest BCUT2D eigenvalue weighted by Crippen LogP contribution is 2.25. The first-order valence-electron chi connectivity index (χ1n) is 4.97. The van der Waals surface area contributed by atoms with Gasteiger partial charge in [-0.1, -0.05) is 0 Å². The number of carbonyl (C=O) groups excluding carboxylic acids is 2. The van der Waals surface area contributed by atoms with E-state index in [-0.39, 0.29) is 23.9 Å². The molecule has 1 aliphatic heterocycles. The number of esters is 1. The summed E-state index contributed by atoms with van der Waals surface area (Å²) in [4.78, 5) is 23.1. The number of ether oxygens (including phenoxy) is 1. The van der Waals surface area contributed by atoms with Crippen molar-refractivity contribution in [1.82, 2.24) is 9.78 Å². The van der Waals surface area contributed by atoms with Crippen LogP contribution in [0.1, 0.15) is 28.5 Å². The maximum atomic E-state index is 11.6. The van der Waals surface area contributed by atoms with Crippen molar-refractivity contribution in [3.8, 4) is 0 Å². The molecule has 7 nitrogen and oxygen atoms in total. The molecule has 0 bridgehead atoms. The summed E-state index contributed by atoms with van der Waals surface area (Å²) >= 11 is 0. The van der Waals surface area contributed by atoms with E-state index in [1.54, 1.807) is 6.92 Å². The summed E-state index contributed by atoms with van der Waals surface area (Å²) in [6.45, 7) is 2.41. The van der Waals surface area contributed by atoms with E-state index in [2.05, 4.69) is 10.4 Å². The van der Waals surface area contributed by atoms with Crippen LogP contribution in [0.15, 0.2) is 0 Å². The number of anilines is 2. The second kappa shape index (κ2) is 3.84. The van der Waals surface area contributed by atoms with Gasteiger partial charge in [0.2, 0.25) is 0 Å². The van der Waals surface area contributed by atoms with E-state index in [0.29, 0.717) is 18.8 Å². The maximum absolute atomic E-state index is 11.6. The lowest BCUT2D eigenvalue weighted by Gasteiger charge is -2.14. The smallest absolute Gasteiger partial charge is 0.345 e. The van der Waals surface area contributed by atoms with Crippen molar-refractivity contribution in [3.63, 3.8) is 0 Å². The van der Waals surface area contributed by atoms with Crippen LogP contribution >= 0.6 is 0 Å². The summed E-state index contributed by atoms with van der Waals surface area (Å²) in [5.41, 5.74) is 5.72. The molecule has 0 saturated carbocycles. The van der Waals surface area contributed by atoms with Gasteiger partial charge >= 0.3 is 5.97 Å². The van der Waals surface area contributed by atoms with Crippen molar-refractivity contribution >= 4 is 23.5 Å². The number of hydrogen-bond acceptors (Lipinski definition) is 6. The van der Waals surface area contributed by atoms with Crippen LogP contribution in [-0.2, 0) is 4.74 Å². The van der Waals surface area contributed by atoms with Gasteiger partial charge in [-0.15, -0.1) is 5.10 Å². The number of hydrogen-bond donors (Lipinski definition) is 2. The highest BCUT2D eigenvalue weighted by atomic mass is 16.5. The highest BCUT2D eigenvalue weighted by Gasteiger charge is 2.28. The molecule has 1 aromatic rings. The molecule has 2 rings (SSSR count). The molecule has 0 fully saturated rings. The van der Waals surface area contributed by atoms with E-state index in [1.165, 1.54) is 0 Å². The number of nitrogens with one attached hydrogen (secondary N) is 1. The van der Waals surface area contributed by atoms with Gasteiger partial charge < -0.3 is 15.8 Å². The minimum Gasteiger partial charge on any atom is -0.462 e. The molecule has 3 N–H and O–H groups in total. The summed E-state index contributed by atoms with van der Waals surface area (Å²) in [6, 6.07) is 0. The van der Waals surface area contributed by atoms with Crippen molar-refractivity contribution < 1.29 is 14.3 Å². The Bertz CT molecular complexity index is 452. The van der Waals surface area contributed by atoms with Crippen LogP contribution in [0.5, 0.6) is 0 Å². The van der Waals surface area contributed by atoms with E-state index >= 15 is 0 Å². The molecule has 0 aliphatic carbocycles. The lowest BCUT2D eigenvalue weighted by atomic mass is 10.2. The molecule has 0 spiro atoms. The third kappa shape index (κ3) is 1.50. The largest absolute Gasteiger partial charge is 0.462 e. The fourth-order valence-corrected chi connectivity index (χ4v) is 1.58. The molecule has 0 atom stereocenters. The number of nitrogen functional groups attached to an aromatic ring is 1. The van der Waals surface area contributed by atoms with Gasteiger partial charge in [-0.3, -0.25) is 4.79 Å². The van der Waals surface area contributed by atoms with E-state index in [9.17, 15) is 9.59 Å². The van der Waals surface area contributed by atoms with E-state index in [0.717, 1.165) is 4.68 Å². The van der Waals surface area contributed by atoms with Crippen molar-refractivity contribution in [3.05, 3.63) is 5.56 Å². The number of fused-ring (bicyclic) bond motifs is 1. The third-order valence-corrected chi connectivity index (χ3v) is 2.26. The Morgan fingerprint density at radius 1 is 1.69 bits per heavy atom. The van der Waals surface area contributed by atoms with Gasteiger partial charge in [0.25, 0.3) is 5.91 Å². The monoisotopic (exact) mass is 224 g/mol. The molecule has 2 heterocycles. The second-order valence-electron chi connectivity index (χ2n) is 3.31. The van der Waals surface area contributed by atoms with Gasteiger partial charge in [0.15, 0.2) is 5.82 Å². The zero-order chi connectivity index (χ0) is 11.7. The lowest BCUT2D eigenvalue weighted by molar-refractivity contribution is 0.0528. The van der Waals surface area contributed by atoms with Crippen LogP contribution in [0.4, 0.5) is 11.6 Å². The summed E-state index contributed by atoms with van der Waals surface area (Å²) in [7, 11) is 0. The molecule has 0 radical (unpaired) electrons. The average molecular weight is 224 g/mol. The normalized spacial score (nSPS) is 14.2. The Labute approximate surface area is 91.5 Å². The Morgan fingerprint density at radius 2 is 2.44 bits per heavy atom. The fraction of sp³-hybridized carbons (Fsp3) is 0.444. The molecule has 86 valence electrons. The van der Waals surface area contributed by atoms with Crippen LogP contribution in [0, 0.1) is 0 Å². The van der Waals surface area contributed by atoms with Crippen molar-refractivity contribution in [2.45, 2.75) is 13.3 Å². The zero-order valence-electron chi connectivity index (χ0n) is 8.82. The predicted molar refractivity (Wildman–Crippen MR) is 56.3 cm³/mol. The minimum absolute atomic E-state index is 0.0104. The van der Waals surface area contributed by atoms with Gasteiger partial charge in [-0.2, -0.15) is 4.68 Å². The number of nitrogens with zero attached hydrogens (tertiary/aromatic N) is 2. The fourth-order valence-electron chi connectivity index (χ4n) is 1.58. The number of aromatic nitrogens is 2. The highest BCUT2D eigenvalue weighted by molar-refractivity contribution is 6.02. The first-order chi connectivity index (χ1) is 7.65. The molecule has 0 amide bonds. The standard InChI is InChI=1S/C9H12N4O3/c1-2-16-9(15)6-7(10)12-13-5(14)3-4-11-8(6)13/h11H,2-4H2,1H3,(H2,10,12). The van der Waals surface area contributed by atoms with Crippen LogP contribution < -0.4 is 11.1 Å². The van der Waals surface area contributed by atoms with E-state index in [1.807, 2.05) is 0 Å². The first kappa shape index (κ1) is 10.5. The summed E-state index contributed by atoms with van der Waals surface area (Å²) in [5.74, 6) is -0.414. The van der Waals surface area contributed by atoms with E-state index < -0.39 is 5.97 Å². The third-order valence-electron chi connectivity index (χ3n) is 2.26. The molecule has 1 aliphatic rings. The van der Waals surface area contributed by atoms with Crippen molar-refractivity contribution in [2.24, 2.45) is 0 Å². The SMILES string of the molecule is CCOC(=O)c1c(N)nn2c1NCCC2=O. The number of carbonyl (C=O) groups is 2. The van der Waals surface area contributed by atoms with E-state index in [4.69, 9.17) is 10.5 Å². The minimum atomic E-state index is -0.566. The van der Waals surface area contributed by atoms with Crippen molar-refractivity contribution in [1.29, 1.82) is 0 Å². The zero-order valence-corrected chi connectivity index (χ0v) is 8.82. The van der Waals surface area contributed by atoms with Crippen LogP contribution in [-0.4, -0.2) is 34.8 Å². The molecule has 16 heavy (non-hydrogen) atoms. The average Bonchev–Trinajstić information content (AvgIpc) is 2.56. The van der Waals surface area contributed by atoms with Gasteiger partial charge in [0.1, 0.15) is 11.4 Å². The molecule has 7 heteroatoms. The molecule has 0 saturated heterocycles. The Balaban J connectivity index is 2.46. The van der Waals surface area contributed by atoms with Crippen molar-refractivity contribution in [2.75, 3.05) is 24.2 Å². The summed E-state index contributed by atoms with van der Waals surface area (Å²) in [5, 5.41) is 6.74. The van der Waals surface area contributed by atoms with Gasteiger partial charge in [0.05, 0.1) is 6.61 Å². The number of nitrogens with two attached hydrogens (primary N) is 1. The Kier molecular flexibility index (Phi) is 2.51. The quantitative estimate of drug-likeness (QED) is 0.691. The number of rotatable bonds is 2. The molecule has 0 aromatic carbocycles. The Hall–Kier alpha value is -2.05. The summed E-state index contributed by atoms with van der Waals surface area (Å²) in [6.07, 6.45) is 0.330. The summed E-state index contributed by atoms with van der Waals surface area (Å²) < 4.78 is 5.96. The second-order valence-corrected chi connectivity index (χ2v) is 3.31. The predicted octanol–water partition coefficient (Wildman–Crippen LogP) is 0.0978. The lowest BCUT2D eigenvalue weighted by Crippen LogP contribution is -2.26. The van der Waals surface area contributed by atoms with Crippen LogP contribution in [0.2, 0.25) is 0 Å². The maximum Gasteiger partial charge on any atom is 0.345 e. The Morgan fingerprint density at radius 3 is 3.12 bits per heavy atom. The van der Waals surface area contributed by atoms with Gasteiger partial charge in [-0.05, 0) is 6.92 Å². The molecule has 0 unspecified atom stereocenters. The molecule has 1 aromatic heterocycles. The topological polar surface area (TPSA) is 99.2 Å². The van der Waals surface area contributed by atoms with Crippen LogP contribution in [0.25, 0.3) is 0 Å². The van der Waals surface area contributed by atoms with Gasteiger partial charge in [-0.25, -0.2) is 4.79 Å². The molecular formula is C9H12N4O3. The first-order valence-corrected chi connectivity index (χ1v) is 4.97. The molecular weight excluding hydrogens is 212 g/mol. The van der Waals surface area contributed by atoms with Crippen LogP contribution in [0.3, 0.4) is 0 Å².